The lowest BCUT2D eigenvalue weighted by Crippen LogP contribution is -2.37. The molecule has 112 valence electrons. The zero-order chi connectivity index (χ0) is 15.5. The van der Waals surface area contributed by atoms with Crippen LogP contribution in [0.5, 0.6) is 0 Å². The number of anilines is 1. The van der Waals surface area contributed by atoms with Crippen LogP contribution in [0.25, 0.3) is 0 Å². The summed E-state index contributed by atoms with van der Waals surface area (Å²) < 4.78 is 35.0. The van der Waals surface area contributed by atoms with Crippen LogP contribution in [0.4, 0.5) is 10.1 Å². The Morgan fingerprint density at radius 3 is 2.35 bits per heavy atom. The smallest absolute Gasteiger partial charge is 0.241 e. The molecule has 0 aliphatic rings. The molecule has 0 radical (unpaired) electrons. The number of benzene rings is 1. The largest absolute Gasteiger partial charge is 0.322 e. The van der Waals surface area contributed by atoms with Gasteiger partial charge in [0.05, 0.1) is 27.5 Å². The molecule has 0 aromatic heterocycles. The predicted molar refractivity (Wildman–Crippen MR) is 77.4 cm³/mol. The number of nitrogens with two attached hydrogens (primary N) is 1. The van der Waals surface area contributed by atoms with Gasteiger partial charge in [-0.3, -0.25) is 4.79 Å². The Kier molecular flexibility index (Phi) is 5.76. The number of nitrogens with one attached hydrogen (secondary N) is 1. The van der Waals surface area contributed by atoms with Crippen LogP contribution in [-0.2, 0) is 14.6 Å². The third-order valence-electron chi connectivity index (χ3n) is 2.39. The first-order valence-corrected chi connectivity index (χ1v) is 8.30. The van der Waals surface area contributed by atoms with E-state index in [1.54, 1.807) is 0 Å². The van der Waals surface area contributed by atoms with Gasteiger partial charge in [0.25, 0.3) is 0 Å². The Labute approximate surface area is 126 Å². The van der Waals surface area contributed by atoms with Crippen LogP contribution in [0.1, 0.15) is 6.42 Å². The summed E-state index contributed by atoms with van der Waals surface area (Å²) in [7, 11) is -3.21. The zero-order valence-electron chi connectivity index (χ0n) is 10.5. The molecule has 0 bridgehead atoms. The lowest BCUT2D eigenvalue weighted by atomic mass is 10.2. The van der Waals surface area contributed by atoms with Crippen LogP contribution in [0, 0.1) is 5.82 Å². The van der Waals surface area contributed by atoms with Crippen LogP contribution in [0.2, 0.25) is 10.0 Å². The van der Waals surface area contributed by atoms with Gasteiger partial charge in [-0.2, -0.15) is 0 Å². The van der Waals surface area contributed by atoms with Crippen LogP contribution in [0.15, 0.2) is 12.1 Å². The third kappa shape index (κ3) is 5.24. The van der Waals surface area contributed by atoms with Crippen molar-refractivity contribution < 1.29 is 17.6 Å². The van der Waals surface area contributed by atoms with E-state index in [9.17, 15) is 17.6 Å². The number of rotatable bonds is 5. The van der Waals surface area contributed by atoms with E-state index in [1.807, 2.05) is 0 Å². The van der Waals surface area contributed by atoms with E-state index in [2.05, 4.69) is 5.32 Å². The number of hydrogen-bond donors (Lipinski definition) is 2. The van der Waals surface area contributed by atoms with Crippen molar-refractivity contribution in [3.63, 3.8) is 0 Å². The van der Waals surface area contributed by atoms with Crippen molar-refractivity contribution in [1.82, 2.24) is 0 Å². The van der Waals surface area contributed by atoms with Crippen LogP contribution in [-0.4, -0.2) is 32.4 Å². The van der Waals surface area contributed by atoms with E-state index in [0.29, 0.717) is 0 Å². The maximum atomic E-state index is 13.0. The summed E-state index contributed by atoms with van der Waals surface area (Å²) in [5.74, 6) is -1.50. The van der Waals surface area contributed by atoms with E-state index in [1.165, 1.54) is 0 Å². The third-order valence-corrected chi connectivity index (χ3v) is 3.96. The first-order chi connectivity index (χ1) is 9.10. The van der Waals surface area contributed by atoms with Crippen molar-refractivity contribution in [2.24, 2.45) is 5.73 Å². The molecule has 5 nitrogen and oxygen atoms in total. The molecular weight excluding hydrogens is 330 g/mol. The summed E-state index contributed by atoms with van der Waals surface area (Å²) in [6.07, 6.45) is 1.01. The topological polar surface area (TPSA) is 89.3 Å². The molecule has 3 N–H and O–H groups in total. The summed E-state index contributed by atoms with van der Waals surface area (Å²) in [4.78, 5) is 11.8. The molecule has 0 saturated carbocycles. The quantitative estimate of drug-likeness (QED) is 0.854. The van der Waals surface area contributed by atoms with Gasteiger partial charge in [0, 0.05) is 6.26 Å². The summed E-state index contributed by atoms with van der Waals surface area (Å²) in [5, 5.41) is 2.21. The molecule has 1 aromatic carbocycles. The zero-order valence-corrected chi connectivity index (χ0v) is 12.8. The maximum absolute atomic E-state index is 13.0. The van der Waals surface area contributed by atoms with Crippen molar-refractivity contribution in [1.29, 1.82) is 0 Å². The van der Waals surface area contributed by atoms with E-state index in [0.717, 1.165) is 18.4 Å². The standard InChI is InChI=1S/C11H13Cl2FN2O3S/c1-20(18,19)3-2-9(15)11(17)16-10-7(12)4-6(14)5-8(10)13/h4-5,9H,2-3,15H2,1H3,(H,16,17). The molecule has 1 rings (SSSR count). The SMILES string of the molecule is CS(=O)(=O)CCC(N)C(=O)Nc1c(Cl)cc(F)cc1Cl. The summed E-state index contributed by atoms with van der Waals surface area (Å²) >= 11 is 11.5. The molecule has 20 heavy (non-hydrogen) atoms. The van der Waals surface area contributed by atoms with Gasteiger partial charge >= 0.3 is 0 Å². The second kappa shape index (κ2) is 6.71. The molecule has 0 heterocycles. The fraction of sp³-hybridized carbons (Fsp3) is 0.364. The Morgan fingerprint density at radius 1 is 1.40 bits per heavy atom. The molecule has 0 saturated heterocycles. The normalized spacial score (nSPS) is 13.1. The highest BCUT2D eigenvalue weighted by Crippen LogP contribution is 2.31. The van der Waals surface area contributed by atoms with E-state index < -0.39 is 27.6 Å². The van der Waals surface area contributed by atoms with Gasteiger partial charge < -0.3 is 11.1 Å². The van der Waals surface area contributed by atoms with Crippen molar-refractivity contribution in [2.45, 2.75) is 12.5 Å². The highest BCUT2D eigenvalue weighted by atomic mass is 35.5. The first-order valence-electron chi connectivity index (χ1n) is 5.49. The number of halogens is 3. The van der Waals surface area contributed by atoms with E-state index >= 15 is 0 Å². The lowest BCUT2D eigenvalue weighted by Gasteiger charge is -2.14. The predicted octanol–water partition coefficient (Wildman–Crippen LogP) is 1.83. The highest BCUT2D eigenvalue weighted by molar-refractivity contribution is 7.90. The van der Waals surface area contributed by atoms with Crippen molar-refractivity contribution in [3.8, 4) is 0 Å². The number of carbonyl (C=O) groups is 1. The van der Waals surface area contributed by atoms with E-state index in [-0.39, 0.29) is 27.9 Å². The summed E-state index contributed by atoms with van der Waals surface area (Å²) in [6.45, 7) is 0. The molecule has 1 aromatic rings. The molecule has 0 spiro atoms. The average Bonchev–Trinajstić information content (AvgIpc) is 2.29. The monoisotopic (exact) mass is 342 g/mol. The molecule has 1 unspecified atom stereocenters. The van der Waals surface area contributed by atoms with E-state index in [4.69, 9.17) is 28.9 Å². The van der Waals surface area contributed by atoms with Gasteiger partial charge in [-0.15, -0.1) is 0 Å². The first kappa shape index (κ1) is 17.2. The van der Waals surface area contributed by atoms with Gasteiger partial charge in [-0.05, 0) is 18.6 Å². The van der Waals surface area contributed by atoms with Crippen molar-refractivity contribution in [2.75, 3.05) is 17.3 Å². The molecule has 1 atom stereocenters. The number of hydrogen-bond acceptors (Lipinski definition) is 4. The number of sulfone groups is 1. The van der Waals surface area contributed by atoms with Gasteiger partial charge in [-0.1, -0.05) is 23.2 Å². The second-order valence-corrected chi connectivity index (χ2v) is 7.33. The fourth-order valence-electron chi connectivity index (χ4n) is 1.35. The molecule has 9 heteroatoms. The summed E-state index contributed by atoms with van der Waals surface area (Å²) in [5.41, 5.74) is 5.60. The minimum absolute atomic E-state index is 0.0366. The van der Waals surface area contributed by atoms with Crippen LogP contribution < -0.4 is 11.1 Å². The summed E-state index contributed by atoms with van der Waals surface area (Å²) in [6, 6.07) is 0.942. The maximum Gasteiger partial charge on any atom is 0.241 e. The van der Waals surface area contributed by atoms with Gasteiger partial charge in [0.1, 0.15) is 15.7 Å². The molecule has 0 aliphatic heterocycles. The Bertz CT molecular complexity index is 599. The van der Waals surface area contributed by atoms with Gasteiger partial charge in [0.15, 0.2) is 0 Å². The molecule has 0 fully saturated rings. The highest BCUT2D eigenvalue weighted by Gasteiger charge is 2.18. The molecule has 0 aliphatic carbocycles. The number of amides is 1. The second-order valence-electron chi connectivity index (χ2n) is 4.26. The average molecular weight is 343 g/mol. The number of carbonyl (C=O) groups excluding carboxylic acids is 1. The van der Waals surface area contributed by atoms with Crippen LogP contribution in [0.3, 0.4) is 0 Å². The van der Waals surface area contributed by atoms with Gasteiger partial charge in [-0.25, -0.2) is 12.8 Å². The Hall–Kier alpha value is -0.890. The fourth-order valence-corrected chi connectivity index (χ4v) is 2.59. The minimum Gasteiger partial charge on any atom is -0.322 e. The lowest BCUT2D eigenvalue weighted by molar-refractivity contribution is -0.117. The van der Waals surface area contributed by atoms with Gasteiger partial charge in [0.2, 0.25) is 5.91 Å². The minimum atomic E-state index is -3.21. The molecule has 1 amide bonds. The Balaban J connectivity index is 2.76. The van der Waals surface area contributed by atoms with Crippen molar-refractivity contribution >= 4 is 44.6 Å². The Morgan fingerprint density at radius 2 is 1.90 bits per heavy atom. The van der Waals surface area contributed by atoms with Crippen LogP contribution >= 0.6 is 23.2 Å². The van der Waals surface area contributed by atoms with Crippen molar-refractivity contribution in [3.05, 3.63) is 28.0 Å². The molecular formula is C11H13Cl2FN2O3S.